The fourth-order valence-corrected chi connectivity index (χ4v) is 2.59. The number of aromatic nitrogens is 2. The number of hydrogen-bond acceptors (Lipinski definition) is 5. The number of anilines is 3. The molecule has 3 rings (SSSR count). The van der Waals surface area contributed by atoms with Gasteiger partial charge in [-0.15, -0.1) is 0 Å². The maximum absolute atomic E-state index is 12.3. The van der Waals surface area contributed by atoms with E-state index in [0.717, 1.165) is 17.7 Å². The van der Waals surface area contributed by atoms with Crippen LogP contribution in [0, 0.1) is 0 Å². The molecule has 28 heavy (non-hydrogen) atoms. The number of amides is 2. The van der Waals surface area contributed by atoms with Gasteiger partial charge in [-0.25, -0.2) is 9.97 Å². The number of nitrogens with zero attached hydrogens (tertiary/aromatic N) is 2. The molecule has 1 aromatic heterocycles. The van der Waals surface area contributed by atoms with Crippen molar-refractivity contribution in [2.24, 2.45) is 0 Å². The number of carbonyl (C=O) groups is 2. The number of benzene rings is 2. The van der Waals surface area contributed by atoms with Gasteiger partial charge in [0, 0.05) is 30.9 Å². The highest BCUT2D eigenvalue weighted by Gasteiger charge is 2.08. The number of nitrogens with one attached hydrogen (secondary N) is 3. The van der Waals surface area contributed by atoms with Crippen molar-refractivity contribution in [3.05, 3.63) is 78.2 Å². The summed E-state index contributed by atoms with van der Waals surface area (Å²) in [6.07, 6.45) is 2.10. The minimum atomic E-state index is -0.248. The lowest BCUT2D eigenvalue weighted by Gasteiger charge is -2.09. The van der Waals surface area contributed by atoms with Crippen LogP contribution in [0.1, 0.15) is 23.0 Å². The zero-order chi connectivity index (χ0) is 19.8. The van der Waals surface area contributed by atoms with Gasteiger partial charge in [-0.1, -0.05) is 30.3 Å². The Morgan fingerprint density at radius 2 is 1.64 bits per heavy atom. The summed E-state index contributed by atoms with van der Waals surface area (Å²) in [7, 11) is 0. The molecule has 7 nitrogen and oxygen atoms in total. The van der Waals surface area contributed by atoms with Crippen LogP contribution in [0.25, 0.3) is 0 Å². The van der Waals surface area contributed by atoms with Crippen molar-refractivity contribution in [1.82, 2.24) is 15.3 Å². The van der Waals surface area contributed by atoms with Crippen molar-refractivity contribution in [3.63, 3.8) is 0 Å². The van der Waals surface area contributed by atoms with Crippen LogP contribution < -0.4 is 16.0 Å². The molecule has 0 saturated heterocycles. The maximum atomic E-state index is 12.3. The van der Waals surface area contributed by atoms with E-state index in [1.54, 1.807) is 18.2 Å². The highest BCUT2D eigenvalue weighted by atomic mass is 16.2. The van der Waals surface area contributed by atoms with Gasteiger partial charge in [0.05, 0.1) is 0 Å². The molecule has 7 heteroatoms. The molecular formula is C21H21N5O2. The van der Waals surface area contributed by atoms with Crippen molar-refractivity contribution in [1.29, 1.82) is 0 Å². The summed E-state index contributed by atoms with van der Waals surface area (Å²) in [5.41, 5.74) is 2.94. The summed E-state index contributed by atoms with van der Waals surface area (Å²) in [5, 5.41) is 8.69. The van der Waals surface area contributed by atoms with Crippen LogP contribution in [0.2, 0.25) is 0 Å². The minimum Gasteiger partial charge on any atom is -0.350 e. The Kier molecular flexibility index (Phi) is 6.30. The Morgan fingerprint density at radius 1 is 0.929 bits per heavy atom. The minimum absolute atomic E-state index is 0.126. The van der Waals surface area contributed by atoms with Gasteiger partial charge in [-0.2, -0.15) is 0 Å². The van der Waals surface area contributed by atoms with Crippen molar-refractivity contribution < 1.29 is 9.59 Å². The van der Waals surface area contributed by atoms with Gasteiger partial charge in [0.15, 0.2) is 0 Å². The zero-order valence-electron chi connectivity index (χ0n) is 15.5. The van der Waals surface area contributed by atoms with Crippen molar-refractivity contribution >= 4 is 29.0 Å². The third-order valence-electron chi connectivity index (χ3n) is 3.92. The first kappa shape index (κ1) is 19.0. The molecule has 0 radical (unpaired) electrons. The molecule has 0 saturated carbocycles. The third-order valence-corrected chi connectivity index (χ3v) is 3.92. The summed E-state index contributed by atoms with van der Waals surface area (Å²) in [4.78, 5) is 31.6. The van der Waals surface area contributed by atoms with Gasteiger partial charge in [0.25, 0.3) is 5.91 Å². The molecule has 2 amide bonds. The second-order valence-electron chi connectivity index (χ2n) is 6.16. The lowest BCUT2D eigenvalue weighted by atomic mass is 10.1. The second kappa shape index (κ2) is 9.27. The summed E-state index contributed by atoms with van der Waals surface area (Å²) in [5.74, 6) is 0.136. The van der Waals surface area contributed by atoms with Gasteiger partial charge in [0.1, 0.15) is 17.8 Å². The molecule has 0 bridgehead atoms. The summed E-state index contributed by atoms with van der Waals surface area (Å²) < 4.78 is 0. The Morgan fingerprint density at radius 3 is 2.36 bits per heavy atom. The summed E-state index contributed by atoms with van der Waals surface area (Å²) in [6, 6.07) is 18.7. The highest BCUT2D eigenvalue weighted by molar-refractivity contribution is 5.93. The molecule has 3 aromatic rings. The standard InChI is InChI=1S/C21H21N5O2/c1-15(27)25-17-7-9-18(10-8-17)26-20-13-19(23-14-24-20)21(28)22-12-11-16-5-3-2-4-6-16/h2-10,13-14H,11-12H2,1H3,(H,22,28)(H,25,27)(H,23,24,26). The van der Waals surface area contributed by atoms with E-state index < -0.39 is 0 Å². The molecule has 0 aliphatic rings. The third kappa shape index (κ3) is 5.63. The number of hydrogen-bond donors (Lipinski definition) is 3. The molecule has 2 aromatic carbocycles. The molecule has 1 heterocycles. The Hall–Kier alpha value is -3.74. The molecule has 142 valence electrons. The van der Waals surface area contributed by atoms with Crippen LogP contribution >= 0.6 is 0 Å². The lowest BCUT2D eigenvalue weighted by Crippen LogP contribution is -2.26. The van der Waals surface area contributed by atoms with E-state index in [-0.39, 0.29) is 11.8 Å². The van der Waals surface area contributed by atoms with Crippen molar-refractivity contribution in [2.75, 3.05) is 17.2 Å². The topological polar surface area (TPSA) is 96.0 Å². The average Bonchev–Trinajstić information content (AvgIpc) is 2.70. The first-order chi connectivity index (χ1) is 13.6. The first-order valence-electron chi connectivity index (χ1n) is 8.89. The fraction of sp³-hybridized carbons (Fsp3) is 0.143. The molecule has 0 spiro atoms. The monoisotopic (exact) mass is 375 g/mol. The van der Waals surface area contributed by atoms with Crippen LogP contribution in [0.5, 0.6) is 0 Å². The van der Waals surface area contributed by atoms with Gasteiger partial charge >= 0.3 is 0 Å². The molecule has 0 fully saturated rings. The average molecular weight is 375 g/mol. The Balaban J connectivity index is 1.57. The fourth-order valence-electron chi connectivity index (χ4n) is 2.59. The van der Waals surface area contributed by atoms with Gasteiger partial charge in [0.2, 0.25) is 5.91 Å². The van der Waals surface area contributed by atoms with Gasteiger partial charge in [-0.05, 0) is 36.2 Å². The molecule has 0 aliphatic carbocycles. The van der Waals surface area contributed by atoms with Crippen LogP contribution in [-0.2, 0) is 11.2 Å². The normalized spacial score (nSPS) is 10.2. The van der Waals surface area contributed by atoms with E-state index in [0.29, 0.717) is 23.7 Å². The van der Waals surface area contributed by atoms with E-state index >= 15 is 0 Å². The van der Waals surface area contributed by atoms with Crippen molar-refractivity contribution in [3.8, 4) is 0 Å². The summed E-state index contributed by atoms with van der Waals surface area (Å²) >= 11 is 0. The quantitative estimate of drug-likeness (QED) is 0.590. The van der Waals surface area contributed by atoms with Crippen molar-refractivity contribution in [2.45, 2.75) is 13.3 Å². The van der Waals surface area contributed by atoms with E-state index in [1.807, 2.05) is 42.5 Å². The van der Waals surface area contributed by atoms with E-state index in [1.165, 1.54) is 13.3 Å². The number of rotatable bonds is 7. The molecular weight excluding hydrogens is 354 g/mol. The van der Waals surface area contributed by atoms with Crippen LogP contribution in [-0.4, -0.2) is 28.3 Å². The first-order valence-corrected chi connectivity index (χ1v) is 8.89. The molecule has 3 N–H and O–H groups in total. The van der Waals surface area contributed by atoms with E-state index in [9.17, 15) is 9.59 Å². The van der Waals surface area contributed by atoms with Gasteiger partial charge < -0.3 is 16.0 Å². The Bertz CT molecular complexity index is 943. The maximum Gasteiger partial charge on any atom is 0.270 e. The Labute approximate surface area is 163 Å². The van der Waals surface area contributed by atoms with Crippen LogP contribution in [0.15, 0.2) is 67.0 Å². The molecule has 0 unspecified atom stereocenters. The largest absolute Gasteiger partial charge is 0.350 e. The zero-order valence-corrected chi connectivity index (χ0v) is 15.5. The van der Waals surface area contributed by atoms with Crippen LogP contribution in [0.3, 0.4) is 0 Å². The highest BCUT2D eigenvalue weighted by Crippen LogP contribution is 2.17. The predicted molar refractivity (Wildman–Crippen MR) is 109 cm³/mol. The molecule has 0 aliphatic heterocycles. The predicted octanol–water partition coefficient (Wildman–Crippen LogP) is 3.15. The van der Waals surface area contributed by atoms with Crippen LogP contribution in [0.4, 0.5) is 17.2 Å². The lowest BCUT2D eigenvalue weighted by molar-refractivity contribution is -0.114. The van der Waals surface area contributed by atoms with Gasteiger partial charge in [-0.3, -0.25) is 9.59 Å². The SMILES string of the molecule is CC(=O)Nc1ccc(Nc2cc(C(=O)NCCc3ccccc3)ncn2)cc1. The summed E-state index contributed by atoms with van der Waals surface area (Å²) in [6.45, 7) is 1.99. The molecule has 0 atom stereocenters. The van der Waals surface area contributed by atoms with E-state index in [4.69, 9.17) is 0 Å². The van der Waals surface area contributed by atoms with E-state index in [2.05, 4.69) is 25.9 Å². The number of carbonyl (C=O) groups excluding carboxylic acids is 2. The second-order valence-corrected chi connectivity index (χ2v) is 6.16. The smallest absolute Gasteiger partial charge is 0.270 e.